The Labute approximate surface area is 140 Å². The maximum atomic E-state index is 12.1. The molecule has 0 heterocycles. The van der Waals surface area contributed by atoms with Crippen LogP contribution in [0.1, 0.15) is 25.0 Å². The van der Waals surface area contributed by atoms with Crippen LogP contribution in [0.25, 0.3) is 0 Å². The van der Waals surface area contributed by atoms with E-state index < -0.39 is 0 Å². The molecule has 0 radical (unpaired) electrons. The molecule has 1 amide bonds. The number of rotatable bonds is 5. The van der Waals surface area contributed by atoms with Crippen LogP contribution >= 0.6 is 15.9 Å². The Morgan fingerprint density at radius 1 is 1.09 bits per heavy atom. The van der Waals surface area contributed by atoms with Crippen molar-refractivity contribution in [2.24, 2.45) is 0 Å². The second kappa shape index (κ2) is 6.97. The molecule has 0 unspecified atom stereocenters. The molecule has 0 bridgehead atoms. The first-order chi connectivity index (χ1) is 10.4. The van der Waals surface area contributed by atoms with Crippen molar-refractivity contribution in [3.05, 3.63) is 64.1 Å². The number of hydrogen-bond donors (Lipinski definition) is 2. The number of nitrogens with one attached hydrogen (secondary N) is 1. The maximum Gasteiger partial charge on any atom is 0.224 e. The SMILES string of the molecule is CC(C)(CNC(=O)Cc1ccc(N)cc1)c1ccc(Br)cc1. The summed E-state index contributed by atoms with van der Waals surface area (Å²) in [6, 6.07) is 15.6. The molecule has 4 heteroatoms. The van der Waals surface area contributed by atoms with Crippen LogP contribution in [0.5, 0.6) is 0 Å². The molecule has 2 rings (SSSR count). The Kier molecular flexibility index (Phi) is 5.24. The summed E-state index contributed by atoms with van der Waals surface area (Å²) in [7, 11) is 0. The van der Waals surface area contributed by atoms with Gasteiger partial charge in [0.1, 0.15) is 0 Å². The summed E-state index contributed by atoms with van der Waals surface area (Å²) in [6.07, 6.45) is 0.372. The average molecular weight is 361 g/mol. The lowest BCUT2D eigenvalue weighted by Crippen LogP contribution is -2.37. The zero-order chi connectivity index (χ0) is 16.2. The number of benzene rings is 2. The van der Waals surface area contributed by atoms with E-state index in [1.165, 1.54) is 5.56 Å². The molecule has 0 saturated heterocycles. The smallest absolute Gasteiger partial charge is 0.224 e. The van der Waals surface area contributed by atoms with E-state index in [9.17, 15) is 4.79 Å². The van der Waals surface area contributed by atoms with Crippen molar-refractivity contribution < 1.29 is 4.79 Å². The molecule has 116 valence electrons. The fourth-order valence-electron chi connectivity index (χ4n) is 2.21. The summed E-state index contributed by atoms with van der Waals surface area (Å²) in [4.78, 5) is 12.1. The summed E-state index contributed by atoms with van der Waals surface area (Å²) in [6.45, 7) is 4.85. The van der Waals surface area contributed by atoms with Gasteiger partial charge >= 0.3 is 0 Å². The van der Waals surface area contributed by atoms with E-state index in [0.29, 0.717) is 18.7 Å². The predicted molar refractivity (Wildman–Crippen MR) is 94.7 cm³/mol. The van der Waals surface area contributed by atoms with E-state index in [0.717, 1.165) is 10.0 Å². The molecule has 3 N–H and O–H groups in total. The van der Waals surface area contributed by atoms with Crippen LogP contribution in [0.2, 0.25) is 0 Å². The topological polar surface area (TPSA) is 55.1 Å². The maximum absolute atomic E-state index is 12.1. The van der Waals surface area contributed by atoms with E-state index in [2.05, 4.69) is 47.2 Å². The molecule has 0 atom stereocenters. The zero-order valence-corrected chi connectivity index (χ0v) is 14.5. The second-order valence-electron chi connectivity index (χ2n) is 6.09. The molecule has 22 heavy (non-hydrogen) atoms. The number of anilines is 1. The largest absolute Gasteiger partial charge is 0.399 e. The molecule has 0 aliphatic rings. The lowest BCUT2D eigenvalue weighted by molar-refractivity contribution is -0.120. The van der Waals surface area contributed by atoms with Crippen molar-refractivity contribution in [2.45, 2.75) is 25.7 Å². The normalized spacial score (nSPS) is 11.2. The second-order valence-corrected chi connectivity index (χ2v) is 7.00. The van der Waals surface area contributed by atoms with Gasteiger partial charge in [-0.15, -0.1) is 0 Å². The van der Waals surface area contributed by atoms with Gasteiger partial charge in [0.25, 0.3) is 0 Å². The van der Waals surface area contributed by atoms with Gasteiger partial charge in [0.2, 0.25) is 5.91 Å². The van der Waals surface area contributed by atoms with Crippen LogP contribution in [-0.2, 0) is 16.6 Å². The minimum atomic E-state index is -0.114. The minimum Gasteiger partial charge on any atom is -0.399 e. The Morgan fingerprint density at radius 2 is 1.68 bits per heavy atom. The van der Waals surface area contributed by atoms with Crippen LogP contribution in [0.4, 0.5) is 5.69 Å². The summed E-state index contributed by atoms with van der Waals surface area (Å²) in [5, 5.41) is 3.02. The first-order valence-corrected chi connectivity index (χ1v) is 8.03. The van der Waals surface area contributed by atoms with Crippen molar-refractivity contribution in [3.63, 3.8) is 0 Å². The number of nitrogen functional groups attached to an aromatic ring is 1. The third kappa shape index (κ3) is 4.60. The Bertz CT molecular complexity index is 633. The molecule has 2 aromatic rings. The molecule has 0 fully saturated rings. The summed E-state index contributed by atoms with van der Waals surface area (Å²) in [5.41, 5.74) is 8.40. The number of amides is 1. The van der Waals surface area contributed by atoms with Crippen molar-refractivity contribution in [2.75, 3.05) is 12.3 Å². The van der Waals surface area contributed by atoms with Gasteiger partial charge in [-0.3, -0.25) is 4.79 Å². The van der Waals surface area contributed by atoms with Gasteiger partial charge in [0.15, 0.2) is 0 Å². The molecule has 0 aliphatic carbocycles. The van der Waals surface area contributed by atoms with Gasteiger partial charge in [0, 0.05) is 22.1 Å². The van der Waals surface area contributed by atoms with E-state index in [4.69, 9.17) is 5.73 Å². The monoisotopic (exact) mass is 360 g/mol. The van der Waals surface area contributed by atoms with Crippen molar-refractivity contribution >= 4 is 27.5 Å². The van der Waals surface area contributed by atoms with Gasteiger partial charge in [-0.2, -0.15) is 0 Å². The molecule has 0 aromatic heterocycles. The molecular weight excluding hydrogens is 340 g/mol. The summed E-state index contributed by atoms with van der Waals surface area (Å²) in [5.74, 6) is 0.0231. The lowest BCUT2D eigenvalue weighted by atomic mass is 9.84. The van der Waals surface area contributed by atoms with E-state index in [-0.39, 0.29) is 11.3 Å². The van der Waals surface area contributed by atoms with Gasteiger partial charge < -0.3 is 11.1 Å². The Morgan fingerprint density at radius 3 is 2.27 bits per heavy atom. The third-order valence-electron chi connectivity index (χ3n) is 3.70. The molecular formula is C18H21BrN2O. The molecule has 0 spiro atoms. The van der Waals surface area contributed by atoms with Crippen molar-refractivity contribution in [1.29, 1.82) is 0 Å². The van der Waals surface area contributed by atoms with Crippen LogP contribution in [0, 0.1) is 0 Å². The molecule has 2 aromatic carbocycles. The standard InChI is InChI=1S/C18H21BrN2O/c1-18(2,14-5-7-15(19)8-6-14)12-21-17(22)11-13-3-9-16(20)10-4-13/h3-10H,11-12,20H2,1-2H3,(H,21,22). The van der Waals surface area contributed by atoms with Crippen LogP contribution in [0.3, 0.4) is 0 Å². The summed E-state index contributed by atoms with van der Waals surface area (Å²) < 4.78 is 1.06. The van der Waals surface area contributed by atoms with Crippen LogP contribution in [0.15, 0.2) is 53.0 Å². The number of hydrogen-bond acceptors (Lipinski definition) is 2. The summed E-state index contributed by atoms with van der Waals surface area (Å²) >= 11 is 3.44. The minimum absolute atomic E-state index is 0.0231. The van der Waals surface area contributed by atoms with Crippen LogP contribution < -0.4 is 11.1 Å². The highest BCUT2D eigenvalue weighted by Crippen LogP contribution is 2.24. The van der Waals surface area contributed by atoms with E-state index in [1.807, 2.05) is 36.4 Å². The number of nitrogens with two attached hydrogens (primary N) is 1. The number of halogens is 1. The average Bonchev–Trinajstić information content (AvgIpc) is 2.48. The predicted octanol–water partition coefficient (Wildman–Crippen LogP) is 3.67. The van der Waals surface area contributed by atoms with Crippen molar-refractivity contribution in [3.8, 4) is 0 Å². The first-order valence-electron chi connectivity index (χ1n) is 7.24. The lowest BCUT2D eigenvalue weighted by Gasteiger charge is -2.25. The fourth-order valence-corrected chi connectivity index (χ4v) is 2.47. The van der Waals surface area contributed by atoms with Crippen LogP contribution in [-0.4, -0.2) is 12.5 Å². The van der Waals surface area contributed by atoms with E-state index >= 15 is 0 Å². The van der Waals surface area contributed by atoms with Gasteiger partial charge in [-0.1, -0.05) is 54.0 Å². The quantitative estimate of drug-likeness (QED) is 0.799. The molecule has 3 nitrogen and oxygen atoms in total. The highest BCUT2D eigenvalue weighted by molar-refractivity contribution is 9.10. The van der Waals surface area contributed by atoms with Gasteiger partial charge in [-0.25, -0.2) is 0 Å². The Balaban J connectivity index is 1.92. The van der Waals surface area contributed by atoms with Crippen molar-refractivity contribution in [1.82, 2.24) is 5.32 Å². The molecule has 0 aliphatic heterocycles. The highest BCUT2D eigenvalue weighted by atomic mass is 79.9. The third-order valence-corrected chi connectivity index (χ3v) is 4.23. The van der Waals surface area contributed by atoms with Gasteiger partial charge in [0.05, 0.1) is 6.42 Å². The van der Waals surface area contributed by atoms with Gasteiger partial charge in [-0.05, 0) is 35.4 Å². The first kappa shape index (κ1) is 16.6. The highest BCUT2D eigenvalue weighted by Gasteiger charge is 2.21. The van der Waals surface area contributed by atoms with E-state index in [1.54, 1.807) is 0 Å². The molecule has 0 saturated carbocycles. The fraction of sp³-hybridized carbons (Fsp3) is 0.278. The Hall–Kier alpha value is -1.81. The number of carbonyl (C=O) groups is 1. The number of carbonyl (C=O) groups excluding carboxylic acids is 1. The zero-order valence-electron chi connectivity index (χ0n) is 12.9.